The van der Waals surface area contributed by atoms with Gasteiger partial charge in [0, 0.05) is 12.3 Å². The van der Waals surface area contributed by atoms with Crippen LogP contribution in [-0.2, 0) is 23.6 Å². The van der Waals surface area contributed by atoms with Crippen molar-refractivity contribution >= 4 is 15.1 Å². The van der Waals surface area contributed by atoms with Gasteiger partial charge in [-0.25, -0.2) is 10.1 Å². The molecule has 0 amide bonds. The number of aromatic amines is 2. The summed E-state index contributed by atoms with van der Waals surface area (Å²) in [5, 5.41) is 23.2. The van der Waals surface area contributed by atoms with E-state index >= 15 is 0 Å². The third kappa shape index (κ3) is 12.9. The molecule has 6 atom stereocenters. The third-order valence-electron chi connectivity index (χ3n) is 5.52. The molecular formula is C26H40N3O10P. The first-order valence-electron chi connectivity index (χ1n) is 12.7. The van der Waals surface area contributed by atoms with Gasteiger partial charge in [-0.1, -0.05) is 32.0 Å². The van der Waals surface area contributed by atoms with E-state index < -0.39 is 41.9 Å². The zero-order chi connectivity index (χ0) is 30.3. The Morgan fingerprint density at radius 3 is 2.33 bits per heavy atom. The number of aliphatic hydroxyl groups is 2. The second-order valence-electron chi connectivity index (χ2n) is 9.81. The molecule has 40 heavy (non-hydrogen) atoms. The summed E-state index contributed by atoms with van der Waals surface area (Å²) in [6.07, 6.45) is -0.917. The van der Waals surface area contributed by atoms with Crippen LogP contribution in [0.4, 0.5) is 0 Å². The minimum absolute atomic E-state index is 0.0102. The van der Waals surface area contributed by atoms with Crippen molar-refractivity contribution in [3.63, 3.8) is 0 Å². The predicted molar refractivity (Wildman–Crippen MR) is 147 cm³/mol. The Balaban J connectivity index is 0.000000675. The molecule has 1 aromatic carbocycles. The number of carbonyl (C=O) groups excluding carboxylic acids is 1. The minimum atomic E-state index is -1.33. The maximum Gasteiger partial charge on any atom is 0.325 e. The molecule has 0 bridgehead atoms. The maximum atomic E-state index is 12.4. The molecule has 3 rings (SSSR count). The predicted octanol–water partition coefficient (Wildman–Crippen LogP) is 1.37. The van der Waals surface area contributed by atoms with Gasteiger partial charge in [0.2, 0.25) is 0 Å². The molecular weight excluding hydrogens is 545 g/mol. The molecule has 0 radical (unpaired) electrons. The quantitative estimate of drug-likeness (QED) is 0.145. The smallest absolute Gasteiger partial charge is 0.325 e. The van der Waals surface area contributed by atoms with E-state index in [-0.39, 0.29) is 24.9 Å². The highest BCUT2D eigenvalue weighted by atomic mass is 31.0. The van der Waals surface area contributed by atoms with E-state index in [1.807, 2.05) is 30.1 Å². The molecule has 2 aromatic rings. The first-order chi connectivity index (χ1) is 18.9. The number of esters is 1. The van der Waals surface area contributed by atoms with Crippen LogP contribution in [0.3, 0.4) is 0 Å². The fraction of sp³-hybridized carbons (Fsp3) is 0.577. The molecule has 14 heteroatoms. The zero-order valence-electron chi connectivity index (χ0n) is 23.3. The van der Waals surface area contributed by atoms with Crippen LogP contribution < -0.4 is 21.3 Å². The van der Waals surface area contributed by atoms with Crippen molar-refractivity contribution in [2.75, 3.05) is 13.2 Å². The van der Waals surface area contributed by atoms with Crippen LogP contribution in [0.15, 0.2) is 52.2 Å². The molecule has 1 aliphatic rings. The van der Waals surface area contributed by atoms with Crippen LogP contribution in [0.5, 0.6) is 5.75 Å². The van der Waals surface area contributed by atoms with Crippen molar-refractivity contribution in [2.45, 2.75) is 77.4 Å². The van der Waals surface area contributed by atoms with Crippen molar-refractivity contribution < 1.29 is 38.5 Å². The van der Waals surface area contributed by atoms with Crippen molar-refractivity contribution in [1.82, 2.24) is 15.3 Å². The summed E-state index contributed by atoms with van der Waals surface area (Å²) in [5.41, 5.74) is -2.19. The van der Waals surface area contributed by atoms with Gasteiger partial charge in [0.05, 0.1) is 19.3 Å². The summed E-state index contributed by atoms with van der Waals surface area (Å²) in [6.45, 7) is 9.15. The third-order valence-corrected chi connectivity index (χ3v) is 5.52. The fourth-order valence-electron chi connectivity index (χ4n) is 3.58. The normalized spacial score (nSPS) is 22.1. The lowest BCUT2D eigenvalue weighted by Crippen LogP contribution is -2.49. The van der Waals surface area contributed by atoms with Gasteiger partial charge < -0.3 is 34.1 Å². The Morgan fingerprint density at radius 1 is 1.18 bits per heavy atom. The number of aromatic nitrogens is 2. The number of carbonyl (C=O) groups is 1. The number of ether oxygens (including phenoxy) is 4. The van der Waals surface area contributed by atoms with Gasteiger partial charge in [-0.15, -0.1) is 0 Å². The first-order valence-corrected chi connectivity index (χ1v) is 13.1. The van der Waals surface area contributed by atoms with Gasteiger partial charge in [0.1, 0.15) is 38.7 Å². The van der Waals surface area contributed by atoms with Crippen LogP contribution in [0, 0.1) is 5.92 Å². The molecule has 1 saturated heterocycles. The SMILES string of the molecule is CC(C)CC(C)OC(=O)[C@H](C)N[C@@H](OCC1OC[C@](C)(O)[C@@H]1O)Oc1ccccc1.O=P.O=c1cc[nH]c(=O)[nH]1. The molecule has 224 valence electrons. The molecule has 2 heterocycles. The standard InChI is InChI=1S/C22H35NO7.C4H4N2O2.HOP/c1-14(2)11-15(3)29-20(25)16(4)23-21(30-17-9-7-6-8-10-17)27-12-18-19(24)22(5,26)13-28-18;7-3-1-2-5-4(8)6-3;1-2/h6-10,14-16,18-19,21,23-24,26H,11-13H2,1-5H3;1-2H,(H2,5,6,7,8);2H/t15?,16-,18?,19+,21-,22-;;/m0../s1. The van der Waals surface area contributed by atoms with Crippen LogP contribution in [0.1, 0.15) is 41.0 Å². The van der Waals surface area contributed by atoms with E-state index in [2.05, 4.69) is 24.1 Å². The Bertz CT molecular complexity index is 1090. The van der Waals surface area contributed by atoms with Crippen LogP contribution >= 0.6 is 9.12 Å². The molecule has 5 N–H and O–H groups in total. The molecule has 1 aromatic heterocycles. The van der Waals surface area contributed by atoms with Crippen molar-refractivity contribution in [1.29, 1.82) is 0 Å². The Kier molecular flexibility index (Phi) is 15.5. The van der Waals surface area contributed by atoms with Crippen LogP contribution in [0.2, 0.25) is 0 Å². The number of hydrogen-bond donors (Lipinski definition) is 5. The fourth-order valence-corrected chi connectivity index (χ4v) is 3.58. The average Bonchev–Trinajstić information content (AvgIpc) is 3.15. The summed E-state index contributed by atoms with van der Waals surface area (Å²) in [5.74, 6) is 0.556. The lowest BCUT2D eigenvalue weighted by Gasteiger charge is -2.27. The number of benzene rings is 1. The van der Waals surface area contributed by atoms with Gasteiger partial charge in [-0.3, -0.25) is 19.1 Å². The van der Waals surface area contributed by atoms with Crippen molar-refractivity contribution in [2.24, 2.45) is 5.92 Å². The van der Waals surface area contributed by atoms with Gasteiger partial charge in [-0.2, -0.15) is 0 Å². The van der Waals surface area contributed by atoms with E-state index in [0.29, 0.717) is 11.7 Å². The van der Waals surface area contributed by atoms with Gasteiger partial charge in [-0.05, 0) is 45.2 Å². The number of hydrogen-bond acceptors (Lipinski definition) is 11. The lowest BCUT2D eigenvalue weighted by molar-refractivity contribution is -0.162. The van der Waals surface area contributed by atoms with E-state index in [0.717, 1.165) is 6.42 Å². The molecule has 1 aliphatic heterocycles. The molecule has 2 unspecified atom stereocenters. The van der Waals surface area contributed by atoms with Gasteiger partial charge >= 0.3 is 11.7 Å². The van der Waals surface area contributed by atoms with Crippen molar-refractivity contribution in [3.8, 4) is 5.75 Å². The summed E-state index contributed by atoms with van der Waals surface area (Å²) in [6, 6.07) is 9.57. The highest BCUT2D eigenvalue weighted by Crippen LogP contribution is 2.25. The topological polar surface area (TPSA) is 189 Å². The molecule has 1 fully saturated rings. The summed E-state index contributed by atoms with van der Waals surface area (Å²) in [7, 11) is 1.72. The molecule has 13 nitrogen and oxygen atoms in total. The number of rotatable bonds is 11. The first kappa shape index (κ1) is 35.1. The Labute approximate surface area is 234 Å². The van der Waals surface area contributed by atoms with Crippen LogP contribution in [-0.4, -0.2) is 75.7 Å². The summed E-state index contributed by atoms with van der Waals surface area (Å²) < 4.78 is 30.5. The zero-order valence-corrected chi connectivity index (χ0v) is 24.3. The highest BCUT2D eigenvalue weighted by molar-refractivity contribution is 7.00. The largest absolute Gasteiger partial charge is 0.462 e. The van der Waals surface area contributed by atoms with E-state index in [1.54, 1.807) is 28.2 Å². The number of para-hydroxylation sites is 1. The van der Waals surface area contributed by atoms with Gasteiger partial charge in [0.15, 0.2) is 0 Å². The average molecular weight is 586 g/mol. The number of aliphatic hydroxyl groups excluding tert-OH is 1. The number of H-pyrrole nitrogens is 2. The van der Waals surface area contributed by atoms with Crippen LogP contribution in [0.25, 0.3) is 0 Å². The Morgan fingerprint density at radius 2 is 1.82 bits per heavy atom. The van der Waals surface area contributed by atoms with E-state index in [4.69, 9.17) is 23.5 Å². The van der Waals surface area contributed by atoms with E-state index in [9.17, 15) is 24.6 Å². The Hall–Kier alpha value is -2.93. The molecule has 0 spiro atoms. The monoisotopic (exact) mass is 585 g/mol. The highest BCUT2D eigenvalue weighted by Gasteiger charge is 2.44. The van der Waals surface area contributed by atoms with Gasteiger partial charge in [0.25, 0.3) is 12.0 Å². The second kappa shape index (κ2) is 17.7. The van der Waals surface area contributed by atoms with Crippen molar-refractivity contribution in [3.05, 3.63) is 63.4 Å². The second-order valence-corrected chi connectivity index (χ2v) is 9.81. The van der Waals surface area contributed by atoms with E-state index in [1.165, 1.54) is 19.2 Å². The maximum absolute atomic E-state index is 12.4. The lowest BCUT2D eigenvalue weighted by atomic mass is 10.00. The molecule has 0 aliphatic carbocycles. The summed E-state index contributed by atoms with van der Waals surface area (Å²) >= 11 is 0. The number of nitrogens with one attached hydrogen (secondary N) is 3. The summed E-state index contributed by atoms with van der Waals surface area (Å²) in [4.78, 5) is 37.1. The molecule has 0 saturated carbocycles. The minimum Gasteiger partial charge on any atom is -0.462 e.